The Morgan fingerprint density at radius 1 is 1.39 bits per heavy atom. The first-order chi connectivity index (χ1) is 8.52. The molecule has 0 aliphatic carbocycles. The maximum atomic E-state index is 13.3. The van der Waals surface area contributed by atoms with Crippen LogP contribution in [0.2, 0.25) is 0 Å². The van der Waals surface area contributed by atoms with Crippen molar-refractivity contribution in [3.63, 3.8) is 0 Å². The number of carbonyl (C=O) groups is 1. The van der Waals surface area contributed by atoms with Gasteiger partial charge in [0, 0.05) is 18.2 Å². The highest BCUT2D eigenvalue weighted by Crippen LogP contribution is 2.08. The van der Waals surface area contributed by atoms with Crippen molar-refractivity contribution in [2.24, 2.45) is 0 Å². The number of amides is 1. The van der Waals surface area contributed by atoms with Gasteiger partial charge in [-0.3, -0.25) is 4.79 Å². The molecule has 0 bridgehead atoms. The summed E-state index contributed by atoms with van der Waals surface area (Å²) in [5, 5.41) is 5.55. The van der Waals surface area contributed by atoms with Gasteiger partial charge >= 0.3 is 0 Å². The fourth-order valence-corrected chi connectivity index (χ4v) is 1.42. The molecule has 1 unspecified atom stereocenters. The van der Waals surface area contributed by atoms with E-state index >= 15 is 0 Å². The summed E-state index contributed by atoms with van der Waals surface area (Å²) in [6.07, 6.45) is 0.851. The quantitative estimate of drug-likeness (QED) is 0.817. The third kappa shape index (κ3) is 4.79. The fourth-order valence-electron chi connectivity index (χ4n) is 1.42. The van der Waals surface area contributed by atoms with Crippen LogP contribution in [0, 0.1) is 11.6 Å². The zero-order chi connectivity index (χ0) is 13.5. The number of hydrogen-bond acceptors (Lipinski definition) is 2. The van der Waals surface area contributed by atoms with Gasteiger partial charge in [0.05, 0.1) is 6.54 Å². The molecule has 100 valence electrons. The Bertz CT molecular complexity index is 410. The van der Waals surface area contributed by atoms with E-state index in [4.69, 9.17) is 0 Å². The van der Waals surface area contributed by atoms with E-state index in [1.54, 1.807) is 0 Å². The van der Waals surface area contributed by atoms with Gasteiger partial charge in [-0.15, -0.1) is 0 Å². The number of carbonyl (C=O) groups excluding carboxylic acids is 1. The second kappa shape index (κ2) is 7.06. The molecule has 0 aliphatic rings. The summed E-state index contributed by atoms with van der Waals surface area (Å²) in [6.45, 7) is 4.09. The lowest BCUT2D eigenvalue weighted by atomic mass is 10.2. The SMILES string of the molecule is CCC(C)NC(=O)CNCc1cc(F)ccc1F. The first-order valence-corrected chi connectivity index (χ1v) is 5.97. The molecular weight excluding hydrogens is 238 g/mol. The van der Waals surface area contributed by atoms with Crippen molar-refractivity contribution in [3.8, 4) is 0 Å². The molecular formula is C13H18F2N2O. The highest BCUT2D eigenvalue weighted by molar-refractivity contribution is 5.78. The summed E-state index contributed by atoms with van der Waals surface area (Å²) in [7, 11) is 0. The minimum atomic E-state index is -0.489. The van der Waals surface area contributed by atoms with E-state index in [0.29, 0.717) is 0 Å². The summed E-state index contributed by atoms with van der Waals surface area (Å²) in [5.41, 5.74) is 0.214. The summed E-state index contributed by atoms with van der Waals surface area (Å²) in [4.78, 5) is 11.4. The van der Waals surface area contributed by atoms with Crippen LogP contribution in [0.15, 0.2) is 18.2 Å². The molecule has 0 saturated carbocycles. The van der Waals surface area contributed by atoms with Crippen LogP contribution in [0.1, 0.15) is 25.8 Å². The lowest BCUT2D eigenvalue weighted by molar-refractivity contribution is -0.120. The van der Waals surface area contributed by atoms with Crippen molar-refractivity contribution in [1.82, 2.24) is 10.6 Å². The maximum absolute atomic E-state index is 13.3. The molecule has 0 radical (unpaired) electrons. The van der Waals surface area contributed by atoms with Gasteiger partial charge in [0.15, 0.2) is 0 Å². The van der Waals surface area contributed by atoms with Crippen LogP contribution in [0.25, 0.3) is 0 Å². The van der Waals surface area contributed by atoms with Gasteiger partial charge < -0.3 is 10.6 Å². The number of benzene rings is 1. The fraction of sp³-hybridized carbons (Fsp3) is 0.462. The Hall–Kier alpha value is -1.49. The molecule has 0 heterocycles. The first kappa shape index (κ1) is 14.6. The van der Waals surface area contributed by atoms with Crippen molar-refractivity contribution < 1.29 is 13.6 Å². The van der Waals surface area contributed by atoms with Crippen LogP contribution in [0.5, 0.6) is 0 Å². The lowest BCUT2D eigenvalue weighted by Crippen LogP contribution is -2.38. The Morgan fingerprint density at radius 3 is 2.78 bits per heavy atom. The average molecular weight is 256 g/mol. The Kier molecular flexibility index (Phi) is 5.71. The van der Waals surface area contributed by atoms with Gasteiger partial charge in [-0.25, -0.2) is 8.78 Å². The summed E-state index contributed by atoms with van der Waals surface area (Å²) >= 11 is 0. The van der Waals surface area contributed by atoms with Crippen molar-refractivity contribution in [2.45, 2.75) is 32.9 Å². The number of rotatable bonds is 6. The third-order valence-corrected chi connectivity index (χ3v) is 2.63. The lowest BCUT2D eigenvalue weighted by Gasteiger charge is -2.12. The average Bonchev–Trinajstić information content (AvgIpc) is 2.33. The molecule has 1 amide bonds. The Morgan fingerprint density at radius 2 is 2.11 bits per heavy atom. The highest BCUT2D eigenvalue weighted by atomic mass is 19.1. The molecule has 0 spiro atoms. The first-order valence-electron chi connectivity index (χ1n) is 5.97. The second-order valence-corrected chi connectivity index (χ2v) is 4.22. The third-order valence-electron chi connectivity index (χ3n) is 2.63. The molecule has 2 N–H and O–H groups in total. The van der Waals surface area contributed by atoms with Crippen LogP contribution in [0.4, 0.5) is 8.78 Å². The molecule has 1 aromatic rings. The molecule has 1 atom stereocenters. The maximum Gasteiger partial charge on any atom is 0.234 e. The largest absolute Gasteiger partial charge is 0.353 e. The van der Waals surface area contributed by atoms with Crippen LogP contribution in [-0.4, -0.2) is 18.5 Å². The minimum absolute atomic E-state index is 0.0836. The Balaban J connectivity index is 2.37. The molecule has 5 heteroatoms. The molecule has 1 rings (SSSR count). The highest BCUT2D eigenvalue weighted by Gasteiger charge is 2.07. The number of hydrogen-bond donors (Lipinski definition) is 2. The van der Waals surface area contributed by atoms with Crippen LogP contribution < -0.4 is 10.6 Å². The van der Waals surface area contributed by atoms with Crippen LogP contribution in [-0.2, 0) is 11.3 Å². The molecule has 0 aliphatic heterocycles. The topological polar surface area (TPSA) is 41.1 Å². The van der Waals surface area contributed by atoms with Crippen molar-refractivity contribution in [1.29, 1.82) is 0 Å². The Labute approximate surface area is 106 Å². The molecule has 18 heavy (non-hydrogen) atoms. The van der Waals surface area contributed by atoms with Gasteiger partial charge in [0.2, 0.25) is 5.91 Å². The monoisotopic (exact) mass is 256 g/mol. The molecule has 1 aromatic carbocycles. The molecule has 0 aromatic heterocycles. The van der Waals surface area contributed by atoms with Crippen molar-refractivity contribution in [3.05, 3.63) is 35.4 Å². The predicted molar refractivity (Wildman–Crippen MR) is 66.0 cm³/mol. The van der Waals surface area contributed by atoms with E-state index in [1.165, 1.54) is 0 Å². The van der Waals surface area contributed by atoms with E-state index in [-0.39, 0.29) is 30.6 Å². The standard InChI is InChI=1S/C13H18F2N2O/c1-3-9(2)17-13(18)8-16-7-10-6-11(14)4-5-12(10)15/h4-6,9,16H,3,7-8H2,1-2H3,(H,17,18). The van der Waals surface area contributed by atoms with Crippen LogP contribution >= 0.6 is 0 Å². The van der Waals surface area contributed by atoms with Crippen molar-refractivity contribution in [2.75, 3.05) is 6.54 Å². The van der Waals surface area contributed by atoms with E-state index in [2.05, 4.69) is 10.6 Å². The number of nitrogens with one attached hydrogen (secondary N) is 2. The van der Waals surface area contributed by atoms with E-state index in [1.807, 2.05) is 13.8 Å². The smallest absolute Gasteiger partial charge is 0.234 e. The molecule has 3 nitrogen and oxygen atoms in total. The predicted octanol–water partition coefficient (Wildman–Crippen LogP) is 1.97. The molecule has 0 fully saturated rings. The van der Waals surface area contributed by atoms with E-state index < -0.39 is 11.6 Å². The summed E-state index contributed by atoms with van der Waals surface area (Å²) in [5.74, 6) is -1.12. The van der Waals surface area contributed by atoms with Gasteiger partial charge in [-0.1, -0.05) is 6.92 Å². The zero-order valence-electron chi connectivity index (χ0n) is 10.6. The molecule has 0 saturated heterocycles. The number of halogens is 2. The summed E-state index contributed by atoms with van der Waals surface area (Å²) in [6, 6.07) is 3.37. The second-order valence-electron chi connectivity index (χ2n) is 4.22. The van der Waals surface area contributed by atoms with E-state index in [0.717, 1.165) is 24.6 Å². The summed E-state index contributed by atoms with van der Waals surface area (Å²) < 4.78 is 26.1. The van der Waals surface area contributed by atoms with Gasteiger partial charge in [0.25, 0.3) is 0 Å². The zero-order valence-corrected chi connectivity index (χ0v) is 10.6. The minimum Gasteiger partial charge on any atom is -0.353 e. The van der Waals surface area contributed by atoms with Crippen molar-refractivity contribution >= 4 is 5.91 Å². The normalized spacial score (nSPS) is 12.2. The van der Waals surface area contributed by atoms with Gasteiger partial charge in [0.1, 0.15) is 11.6 Å². The van der Waals surface area contributed by atoms with E-state index in [9.17, 15) is 13.6 Å². The van der Waals surface area contributed by atoms with Gasteiger partial charge in [-0.2, -0.15) is 0 Å². The van der Waals surface area contributed by atoms with Crippen LogP contribution in [0.3, 0.4) is 0 Å². The van der Waals surface area contributed by atoms with Gasteiger partial charge in [-0.05, 0) is 31.5 Å².